The largest absolute Gasteiger partial charge is 0.396 e. The molecular weight excluding hydrogens is 164 g/mol. The Kier molecular flexibility index (Phi) is 8.40. The second-order valence-corrected chi connectivity index (χ2v) is 3.55. The summed E-state index contributed by atoms with van der Waals surface area (Å²) in [7, 11) is 2.14. The number of aliphatic hydroxyl groups is 1. The van der Waals surface area contributed by atoms with Crippen molar-refractivity contribution in [2.45, 2.75) is 38.6 Å². The molecular formula is C10H24N2O. The van der Waals surface area contributed by atoms with Crippen LogP contribution in [0.2, 0.25) is 0 Å². The Balaban J connectivity index is 3.57. The van der Waals surface area contributed by atoms with Crippen LogP contribution in [0.5, 0.6) is 0 Å². The third-order valence-electron chi connectivity index (χ3n) is 2.51. The summed E-state index contributed by atoms with van der Waals surface area (Å²) >= 11 is 0. The lowest BCUT2D eigenvalue weighted by atomic mass is 10.1. The standard InChI is InChI=1S/C10H24N2O/c1-3-10(6-7-11)12(2)8-4-5-9-13/h10,13H,3-9,11H2,1-2H3. The summed E-state index contributed by atoms with van der Waals surface area (Å²) in [6.07, 6.45) is 4.22. The zero-order chi connectivity index (χ0) is 10.1. The normalized spacial score (nSPS) is 13.6. The fourth-order valence-electron chi connectivity index (χ4n) is 1.58. The summed E-state index contributed by atoms with van der Waals surface area (Å²) in [5.41, 5.74) is 5.53. The van der Waals surface area contributed by atoms with Crippen molar-refractivity contribution < 1.29 is 5.11 Å². The molecule has 0 aliphatic carbocycles. The van der Waals surface area contributed by atoms with Gasteiger partial charge in [-0.15, -0.1) is 0 Å². The van der Waals surface area contributed by atoms with Crippen LogP contribution in [0.3, 0.4) is 0 Å². The van der Waals surface area contributed by atoms with Gasteiger partial charge in [0.1, 0.15) is 0 Å². The van der Waals surface area contributed by atoms with Gasteiger partial charge in [0.05, 0.1) is 0 Å². The quantitative estimate of drug-likeness (QED) is 0.554. The Bertz CT molecular complexity index is 109. The maximum Gasteiger partial charge on any atom is 0.0431 e. The molecule has 0 aliphatic heterocycles. The monoisotopic (exact) mass is 188 g/mol. The van der Waals surface area contributed by atoms with E-state index in [4.69, 9.17) is 10.8 Å². The molecule has 1 unspecified atom stereocenters. The van der Waals surface area contributed by atoms with E-state index in [1.165, 1.54) is 0 Å². The maximum atomic E-state index is 8.64. The van der Waals surface area contributed by atoms with Gasteiger partial charge in [-0.05, 0) is 45.8 Å². The van der Waals surface area contributed by atoms with Crippen molar-refractivity contribution in [3.63, 3.8) is 0 Å². The van der Waals surface area contributed by atoms with Crippen LogP contribution in [0.25, 0.3) is 0 Å². The van der Waals surface area contributed by atoms with Gasteiger partial charge in [0.25, 0.3) is 0 Å². The van der Waals surface area contributed by atoms with E-state index in [2.05, 4.69) is 18.9 Å². The molecule has 3 nitrogen and oxygen atoms in total. The van der Waals surface area contributed by atoms with Gasteiger partial charge in [-0.25, -0.2) is 0 Å². The molecule has 0 rings (SSSR count). The molecule has 0 aromatic carbocycles. The minimum Gasteiger partial charge on any atom is -0.396 e. The Labute approximate surface area is 81.9 Å². The van der Waals surface area contributed by atoms with E-state index in [9.17, 15) is 0 Å². The van der Waals surface area contributed by atoms with Crippen LogP contribution in [0, 0.1) is 0 Å². The number of rotatable bonds is 8. The van der Waals surface area contributed by atoms with E-state index >= 15 is 0 Å². The first-order chi connectivity index (χ1) is 6.26. The molecule has 3 N–H and O–H groups in total. The van der Waals surface area contributed by atoms with E-state index in [-0.39, 0.29) is 0 Å². The Morgan fingerprint density at radius 3 is 2.54 bits per heavy atom. The van der Waals surface area contributed by atoms with Crippen molar-refractivity contribution in [3.05, 3.63) is 0 Å². The van der Waals surface area contributed by atoms with Gasteiger partial charge < -0.3 is 15.7 Å². The van der Waals surface area contributed by atoms with Gasteiger partial charge >= 0.3 is 0 Å². The molecule has 0 amide bonds. The van der Waals surface area contributed by atoms with Crippen LogP contribution in [0.15, 0.2) is 0 Å². The highest BCUT2D eigenvalue weighted by Crippen LogP contribution is 2.06. The van der Waals surface area contributed by atoms with E-state index in [0.717, 1.165) is 38.8 Å². The molecule has 1 atom stereocenters. The molecule has 0 aliphatic rings. The minimum atomic E-state index is 0.307. The van der Waals surface area contributed by atoms with Gasteiger partial charge in [-0.1, -0.05) is 6.92 Å². The first kappa shape index (κ1) is 12.9. The Morgan fingerprint density at radius 2 is 2.08 bits per heavy atom. The fraction of sp³-hybridized carbons (Fsp3) is 1.00. The van der Waals surface area contributed by atoms with Gasteiger partial charge in [0, 0.05) is 12.6 Å². The van der Waals surface area contributed by atoms with E-state index in [1.807, 2.05) is 0 Å². The topological polar surface area (TPSA) is 49.5 Å². The first-order valence-electron chi connectivity index (χ1n) is 5.27. The van der Waals surface area contributed by atoms with Crippen molar-refractivity contribution >= 4 is 0 Å². The minimum absolute atomic E-state index is 0.307. The zero-order valence-corrected chi connectivity index (χ0v) is 9.00. The lowest BCUT2D eigenvalue weighted by molar-refractivity contribution is 0.210. The molecule has 0 radical (unpaired) electrons. The second kappa shape index (κ2) is 8.48. The number of nitrogens with zero attached hydrogens (tertiary/aromatic N) is 1. The summed E-state index contributed by atoms with van der Waals surface area (Å²) in [6, 6.07) is 0.615. The third kappa shape index (κ3) is 6.02. The molecule has 0 fully saturated rings. The fourth-order valence-corrected chi connectivity index (χ4v) is 1.58. The number of aliphatic hydroxyl groups excluding tert-OH is 1. The molecule has 0 aromatic heterocycles. The lowest BCUT2D eigenvalue weighted by Gasteiger charge is -2.26. The smallest absolute Gasteiger partial charge is 0.0431 e. The molecule has 0 spiro atoms. The molecule has 0 saturated carbocycles. The van der Waals surface area contributed by atoms with Gasteiger partial charge in [0.2, 0.25) is 0 Å². The third-order valence-corrected chi connectivity index (χ3v) is 2.51. The van der Waals surface area contributed by atoms with Crippen molar-refractivity contribution in [2.24, 2.45) is 5.73 Å². The van der Waals surface area contributed by atoms with E-state index < -0.39 is 0 Å². The number of hydrogen-bond donors (Lipinski definition) is 2. The first-order valence-corrected chi connectivity index (χ1v) is 5.27. The van der Waals surface area contributed by atoms with Crippen LogP contribution >= 0.6 is 0 Å². The Hall–Kier alpha value is -0.120. The highest BCUT2D eigenvalue weighted by Gasteiger charge is 2.10. The molecule has 3 heteroatoms. The summed E-state index contributed by atoms with van der Waals surface area (Å²) in [6.45, 7) is 4.34. The molecule has 0 saturated heterocycles. The molecule has 0 aromatic rings. The van der Waals surface area contributed by atoms with Gasteiger partial charge in [-0.2, -0.15) is 0 Å². The number of unbranched alkanes of at least 4 members (excludes halogenated alkanes) is 1. The highest BCUT2D eigenvalue weighted by molar-refractivity contribution is 4.67. The summed E-state index contributed by atoms with van der Waals surface area (Å²) in [4.78, 5) is 2.35. The van der Waals surface area contributed by atoms with Crippen LogP contribution in [0.1, 0.15) is 32.6 Å². The van der Waals surface area contributed by atoms with Crippen LogP contribution in [-0.2, 0) is 0 Å². The Morgan fingerprint density at radius 1 is 1.38 bits per heavy atom. The van der Waals surface area contributed by atoms with Crippen LogP contribution in [0.4, 0.5) is 0 Å². The second-order valence-electron chi connectivity index (χ2n) is 3.55. The summed E-state index contributed by atoms with van der Waals surface area (Å²) < 4.78 is 0. The average molecular weight is 188 g/mol. The van der Waals surface area contributed by atoms with Crippen molar-refractivity contribution in [1.82, 2.24) is 4.90 Å². The summed E-state index contributed by atoms with van der Waals surface area (Å²) in [5, 5.41) is 8.64. The van der Waals surface area contributed by atoms with Gasteiger partial charge in [-0.3, -0.25) is 0 Å². The zero-order valence-electron chi connectivity index (χ0n) is 9.00. The maximum absolute atomic E-state index is 8.64. The molecule has 80 valence electrons. The van der Waals surface area contributed by atoms with E-state index in [0.29, 0.717) is 12.6 Å². The molecule has 0 heterocycles. The van der Waals surface area contributed by atoms with Crippen molar-refractivity contribution in [3.8, 4) is 0 Å². The van der Waals surface area contributed by atoms with Crippen LogP contribution < -0.4 is 5.73 Å². The van der Waals surface area contributed by atoms with Crippen molar-refractivity contribution in [1.29, 1.82) is 0 Å². The predicted octanol–water partition coefficient (Wildman–Crippen LogP) is 0.818. The van der Waals surface area contributed by atoms with E-state index in [1.54, 1.807) is 0 Å². The lowest BCUT2D eigenvalue weighted by Crippen LogP contribution is -2.33. The SMILES string of the molecule is CCC(CCN)N(C)CCCCO. The average Bonchev–Trinajstić information content (AvgIpc) is 2.14. The molecule has 0 bridgehead atoms. The van der Waals surface area contributed by atoms with Crippen LogP contribution in [-0.4, -0.2) is 42.8 Å². The van der Waals surface area contributed by atoms with Gasteiger partial charge in [0.15, 0.2) is 0 Å². The predicted molar refractivity (Wildman–Crippen MR) is 56.7 cm³/mol. The van der Waals surface area contributed by atoms with Crippen molar-refractivity contribution in [2.75, 3.05) is 26.7 Å². The summed E-state index contributed by atoms with van der Waals surface area (Å²) in [5.74, 6) is 0. The number of nitrogens with two attached hydrogens (primary N) is 1. The molecule has 13 heavy (non-hydrogen) atoms. The number of hydrogen-bond acceptors (Lipinski definition) is 3. The highest BCUT2D eigenvalue weighted by atomic mass is 16.2.